The van der Waals surface area contributed by atoms with E-state index in [9.17, 15) is 119 Å². The predicted molar refractivity (Wildman–Crippen MR) is 234 cm³/mol. The molecule has 0 aromatic rings. The van der Waals surface area contributed by atoms with Crippen molar-refractivity contribution in [1.82, 2.24) is 16.0 Å². The minimum atomic E-state index is -5.77. The summed E-state index contributed by atoms with van der Waals surface area (Å²) in [6.07, 6.45) is -53.3. The van der Waals surface area contributed by atoms with Gasteiger partial charge >= 0.3 is 43.1 Å². The van der Waals surface area contributed by atoms with Crippen LogP contribution in [0.5, 0.6) is 0 Å². The smallest absolute Gasteiger partial charge is 0.397 e. The fourth-order valence-corrected chi connectivity index (χ4v) is 10.4. The highest BCUT2D eigenvalue weighted by molar-refractivity contribution is 7.81. The van der Waals surface area contributed by atoms with Gasteiger partial charge in [-0.1, -0.05) is 0 Å². The summed E-state index contributed by atoms with van der Waals surface area (Å²) in [6.45, 7) is -1.41. The molecule has 25 atom stereocenters. The lowest BCUT2D eigenvalue weighted by Gasteiger charge is -2.50. The highest BCUT2D eigenvalue weighted by Gasteiger charge is 2.60. The van der Waals surface area contributed by atoms with Crippen LogP contribution in [-0.4, -0.2) is 298 Å². The number of aliphatic carboxylic acids is 2. The van der Waals surface area contributed by atoms with Gasteiger partial charge in [0.1, 0.15) is 110 Å². The van der Waals surface area contributed by atoms with Gasteiger partial charge in [0.2, 0.25) is 17.7 Å². The highest BCUT2D eigenvalue weighted by atomic mass is 32.3. The monoisotopic (exact) mass is 1220 g/mol. The van der Waals surface area contributed by atoms with Gasteiger partial charge in [-0.2, -0.15) is 25.3 Å². The SMILES string of the molecule is CC(=O)N[C@H]1[C@H](O[C@H]2[C@H](O)[C@@H](O)[C@H](O[C@H]3[C@@H](OS(=O)(=O)O)[C@@H](CO)OC(O)[C@@H]3NC(C)=O)O[C@H]2C(=O)O)O[C@H](CO)[C@H](OS(=O)(=O)O)[C@@H]1O[C@@H]1O[C@@H](C(=O)O)[C@@H](O[C@@H]2O[C@H](CO)[C@H](OS(=O)(=O)O)C(O)[C@H]2NC(C)=O)[C@H](O)[C@H]1O. The lowest BCUT2D eigenvalue weighted by atomic mass is 9.93. The Morgan fingerprint density at radius 2 is 0.722 bits per heavy atom. The first kappa shape index (κ1) is 66.0. The number of hydrogen-bond donors (Lipinski definition) is 17. The van der Waals surface area contributed by atoms with Crippen molar-refractivity contribution in [3.8, 4) is 0 Å². The number of aliphatic hydroxyl groups is 9. The summed E-state index contributed by atoms with van der Waals surface area (Å²) in [7, 11) is -16.7. The second-order valence-corrected chi connectivity index (χ2v) is 20.9. The second-order valence-electron chi connectivity index (χ2n) is 17.7. The van der Waals surface area contributed by atoms with Crippen molar-refractivity contribution in [3.63, 3.8) is 0 Å². The first-order valence-electron chi connectivity index (χ1n) is 22.5. The number of carbonyl (C=O) groups is 5. The molecule has 2 unspecified atom stereocenters. The zero-order valence-electron chi connectivity index (χ0n) is 40.4. The number of carboxylic acids is 2. The third-order valence-electron chi connectivity index (χ3n) is 12.1. The van der Waals surface area contributed by atoms with Gasteiger partial charge < -0.3 is 115 Å². The van der Waals surface area contributed by atoms with Crippen molar-refractivity contribution >= 4 is 60.9 Å². The summed E-state index contributed by atoms with van der Waals surface area (Å²) in [6, 6.07) is -6.31. The van der Waals surface area contributed by atoms with E-state index in [-0.39, 0.29) is 0 Å². The van der Waals surface area contributed by atoms with Crippen LogP contribution < -0.4 is 16.0 Å². The molecule has 17 N–H and O–H groups in total. The molecule has 5 heterocycles. The Bertz CT molecular complexity index is 2500. The molecule has 40 nitrogen and oxygen atoms in total. The maximum Gasteiger partial charge on any atom is 0.397 e. The average molecular weight is 1220 g/mol. The van der Waals surface area contributed by atoms with E-state index < -0.39 is 234 Å². The van der Waals surface area contributed by atoms with Gasteiger partial charge in [0.15, 0.2) is 43.7 Å². The van der Waals surface area contributed by atoms with E-state index in [0.29, 0.717) is 0 Å². The number of carboxylic acid groups (broad SMARTS) is 2. The molecule has 79 heavy (non-hydrogen) atoms. The van der Waals surface area contributed by atoms with Crippen LogP contribution >= 0.6 is 0 Å². The predicted octanol–water partition coefficient (Wildman–Crippen LogP) is -11.8. The van der Waals surface area contributed by atoms with Gasteiger partial charge in [0.05, 0.1) is 19.8 Å². The van der Waals surface area contributed by atoms with Crippen molar-refractivity contribution in [2.45, 2.75) is 174 Å². The number of nitrogens with one attached hydrogen (secondary N) is 3. The highest BCUT2D eigenvalue weighted by Crippen LogP contribution is 2.38. The first-order valence-corrected chi connectivity index (χ1v) is 26.6. The van der Waals surface area contributed by atoms with E-state index in [2.05, 4.69) is 24.3 Å². The van der Waals surface area contributed by atoms with Crippen LogP contribution in [0.1, 0.15) is 20.8 Å². The fraction of sp³-hybridized carbons (Fsp3) is 0.861. The van der Waals surface area contributed by atoms with Gasteiger partial charge in [-0.15, -0.1) is 0 Å². The summed E-state index contributed by atoms with van der Waals surface area (Å²) in [5, 5.41) is 125. The average Bonchev–Trinajstić information content (AvgIpc) is 3.32. The molecule has 5 fully saturated rings. The molecule has 5 rings (SSSR count). The Hall–Kier alpha value is -3.76. The van der Waals surface area contributed by atoms with Crippen molar-refractivity contribution in [1.29, 1.82) is 0 Å². The summed E-state index contributed by atoms with van der Waals surface area (Å²) < 4.78 is 163. The van der Waals surface area contributed by atoms with Gasteiger partial charge in [-0.3, -0.25) is 28.0 Å². The molecular formula is C36H57N3O37S3. The molecule has 456 valence electrons. The molecule has 0 radical (unpaired) electrons. The van der Waals surface area contributed by atoms with Gasteiger partial charge in [0, 0.05) is 20.8 Å². The van der Waals surface area contributed by atoms with E-state index in [0.717, 1.165) is 20.8 Å². The molecule has 0 saturated carbocycles. The minimum Gasteiger partial charge on any atom is -0.479 e. The van der Waals surface area contributed by atoms with Gasteiger partial charge in [-0.05, 0) is 0 Å². The molecule has 0 aromatic heterocycles. The van der Waals surface area contributed by atoms with Crippen LogP contribution in [0.3, 0.4) is 0 Å². The van der Waals surface area contributed by atoms with Crippen LogP contribution in [0, 0.1) is 0 Å². The molecule has 5 aliphatic heterocycles. The summed E-state index contributed by atoms with van der Waals surface area (Å²) in [5.41, 5.74) is 0. The number of hydrogen-bond acceptors (Lipinski definition) is 32. The number of amides is 3. The van der Waals surface area contributed by atoms with Crippen LogP contribution in [0.4, 0.5) is 0 Å². The standard InChI is InChI=1S/C36H57N3O37S3/c1-7(43)37-13-16(46)21(74-77(56,57)58)10(4-40)66-33(13)70-26-17(47)20(50)36(73-28(26)30(51)52)69-25-15(39-9(3)45)34(67-12(6-42)23(25)76-79(62,63)64)71-27-18(48)19(49)35(72-29(27)31(53)54)68-24-14(38-8(2)44)32(55)65-11(5-41)22(24)75-78(59,60)61/h10-29,32-36,40-42,46-50,55H,4-6H2,1-3H3,(H,37,43)(H,38,44)(H,39,45)(H,51,52)(H,53,54)(H,56,57,58)(H,59,60,61)(H,62,63,64)/t10-,11-,12-,13-,14-,15-,16?,17-,18-,19-,20-,21+,22+,23+,24-,25-,26+,27+,28-,29-,32?,33+,34+,35-,36-/m1/s1. The fourth-order valence-electron chi connectivity index (χ4n) is 8.90. The number of carbonyl (C=O) groups excluding carboxylic acids is 3. The molecule has 0 bridgehead atoms. The van der Waals surface area contributed by atoms with Crippen LogP contribution in [0.2, 0.25) is 0 Å². The van der Waals surface area contributed by atoms with Crippen molar-refractivity contribution in [2.75, 3.05) is 19.8 Å². The first-order chi connectivity index (χ1) is 36.5. The number of ether oxygens (including phenoxy) is 9. The van der Waals surface area contributed by atoms with Crippen LogP contribution in [0.25, 0.3) is 0 Å². The van der Waals surface area contributed by atoms with Gasteiger partial charge in [-0.25, -0.2) is 22.1 Å². The zero-order chi connectivity index (χ0) is 59.5. The normalized spacial score (nSPS) is 41.4. The summed E-state index contributed by atoms with van der Waals surface area (Å²) in [4.78, 5) is 62.8. The Balaban J connectivity index is 1.50. The van der Waals surface area contributed by atoms with Crippen LogP contribution in [-0.2, 0) is 110 Å². The third kappa shape index (κ3) is 16.5. The maximum absolute atomic E-state index is 12.9. The molecule has 3 amide bonds. The number of aliphatic hydroxyl groups excluding tert-OH is 9. The quantitative estimate of drug-likeness (QED) is 0.0448. The molecule has 0 aliphatic carbocycles. The van der Waals surface area contributed by atoms with E-state index in [1.54, 1.807) is 0 Å². The lowest BCUT2D eigenvalue weighted by molar-refractivity contribution is -0.372. The van der Waals surface area contributed by atoms with Gasteiger partial charge in [0.25, 0.3) is 0 Å². The topological polar surface area (TPSA) is 618 Å². The van der Waals surface area contributed by atoms with E-state index >= 15 is 0 Å². The Kier molecular flexibility index (Phi) is 22.3. The third-order valence-corrected chi connectivity index (χ3v) is 13.5. The maximum atomic E-state index is 12.9. The van der Waals surface area contributed by atoms with Crippen molar-refractivity contribution in [3.05, 3.63) is 0 Å². The largest absolute Gasteiger partial charge is 0.479 e. The van der Waals surface area contributed by atoms with Crippen molar-refractivity contribution in [2.24, 2.45) is 0 Å². The lowest BCUT2D eigenvalue weighted by Crippen LogP contribution is -2.71. The molecule has 0 aromatic carbocycles. The molecule has 5 saturated heterocycles. The van der Waals surface area contributed by atoms with Crippen molar-refractivity contribution < 1.29 is 174 Å². The van der Waals surface area contributed by atoms with E-state index in [4.69, 9.17) is 46.8 Å². The molecular weight excluding hydrogens is 1160 g/mol. The molecule has 0 spiro atoms. The Morgan fingerprint density at radius 3 is 1.09 bits per heavy atom. The van der Waals surface area contributed by atoms with E-state index in [1.807, 2.05) is 0 Å². The van der Waals surface area contributed by atoms with E-state index in [1.165, 1.54) is 0 Å². The Morgan fingerprint density at radius 1 is 0.405 bits per heavy atom. The zero-order valence-corrected chi connectivity index (χ0v) is 42.9. The summed E-state index contributed by atoms with van der Waals surface area (Å²) >= 11 is 0. The summed E-state index contributed by atoms with van der Waals surface area (Å²) in [5.74, 6) is -7.42. The number of rotatable bonds is 22. The Labute approximate surface area is 444 Å². The second kappa shape index (κ2) is 26.7. The minimum absolute atomic E-state index is 0.756. The van der Waals surface area contributed by atoms with Crippen LogP contribution in [0.15, 0.2) is 0 Å². The molecule has 43 heteroatoms. The molecule has 5 aliphatic rings.